The molecular formula is C72H108O15. The lowest BCUT2D eigenvalue weighted by Crippen LogP contribution is -2.60. The Bertz CT molecular complexity index is 2530. The summed E-state index contributed by atoms with van der Waals surface area (Å²) in [7, 11) is 1.33. The van der Waals surface area contributed by atoms with Gasteiger partial charge in [-0.25, -0.2) is 24.0 Å². The van der Waals surface area contributed by atoms with Crippen LogP contribution in [0.15, 0.2) is 60.8 Å². The molecule has 15 heteroatoms. The lowest BCUT2D eigenvalue weighted by atomic mass is 9.49. The predicted octanol–water partition coefficient (Wildman–Crippen LogP) is 13.1. The largest absolute Gasteiger partial charge is 0.466 e. The fourth-order valence-corrected chi connectivity index (χ4v) is 19.3. The maximum atomic E-state index is 12.2. The van der Waals surface area contributed by atoms with Gasteiger partial charge in [-0.1, -0.05) is 46.2 Å². The van der Waals surface area contributed by atoms with E-state index in [0.717, 1.165) is 81.0 Å². The Morgan fingerprint density at radius 1 is 0.517 bits per heavy atom. The minimum atomic E-state index is -0.701. The van der Waals surface area contributed by atoms with Gasteiger partial charge in [-0.05, 0) is 267 Å². The molecule has 1 aliphatic heterocycles. The monoisotopic (exact) mass is 1210 g/mol. The Morgan fingerprint density at radius 3 is 1.37 bits per heavy atom. The highest BCUT2D eigenvalue weighted by Crippen LogP contribution is 2.62. The van der Waals surface area contributed by atoms with Crippen molar-refractivity contribution in [2.45, 2.75) is 256 Å². The number of esters is 6. The molecule has 7 unspecified atom stereocenters. The van der Waals surface area contributed by atoms with Gasteiger partial charge in [0, 0.05) is 34.3 Å². The Labute approximate surface area is 520 Å². The molecule has 486 valence electrons. The quantitative estimate of drug-likeness (QED) is 0.106. The summed E-state index contributed by atoms with van der Waals surface area (Å²) < 4.78 is 37.3. The summed E-state index contributed by atoms with van der Waals surface area (Å²) in [6.07, 6.45) is 27.9. The lowest BCUT2D eigenvalue weighted by Gasteiger charge is -2.60. The average Bonchev–Trinajstić information content (AvgIpc) is 1.55. The summed E-state index contributed by atoms with van der Waals surface area (Å²) in [5.74, 6) is 7.51. The van der Waals surface area contributed by atoms with Gasteiger partial charge in [0.2, 0.25) is 0 Å². The second kappa shape index (κ2) is 27.9. The molecular weight excluding hydrogens is 1100 g/mol. The zero-order valence-electron chi connectivity index (χ0n) is 54.5. The zero-order valence-corrected chi connectivity index (χ0v) is 54.5. The van der Waals surface area contributed by atoms with Gasteiger partial charge in [0.25, 0.3) is 0 Å². The minimum Gasteiger partial charge on any atom is -0.466 e. The molecule has 15 nitrogen and oxygen atoms in total. The van der Waals surface area contributed by atoms with E-state index in [1.807, 2.05) is 0 Å². The number of methoxy groups -OCH3 is 1. The van der Waals surface area contributed by atoms with Crippen LogP contribution in [0.2, 0.25) is 0 Å². The lowest BCUT2D eigenvalue weighted by molar-refractivity contribution is -0.217. The molecule has 2 N–H and O–H groups in total. The first-order valence-corrected chi connectivity index (χ1v) is 33.4. The van der Waals surface area contributed by atoms with Crippen molar-refractivity contribution in [1.82, 2.24) is 0 Å². The first-order chi connectivity index (χ1) is 40.9. The number of carbonyl (C=O) groups is 6. The van der Waals surface area contributed by atoms with E-state index < -0.39 is 29.4 Å². The van der Waals surface area contributed by atoms with Gasteiger partial charge in [-0.15, -0.1) is 0 Å². The molecule has 7 atom stereocenters. The Morgan fingerprint density at radius 2 is 0.977 bits per heavy atom. The summed E-state index contributed by atoms with van der Waals surface area (Å²) in [5.41, 5.74) is 0.820. The summed E-state index contributed by atoms with van der Waals surface area (Å²) in [6.45, 7) is 33.1. The third kappa shape index (κ3) is 16.1. The third-order valence-electron chi connectivity index (χ3n) is 22.9. The van der Waals surface area contributed by atoms with Crippen LogP contribution in [0, 0.1) is 76.9 Å². The van der Waals surface area contributed by atoms with Crippen molar-refractivity contribution in [2.75, 3.05) is 20.3 Å². The molecule has 1 saturated heterocycles. The van der Waals surface area contributed by atoms with Gasteiger partial charge in [0.1, 0.15) is 28.5 Å². The predicted molar refractivity (Wildman–Crippen MR) is 331 cm³/mol. The SMILES string of the molecule is C=C(C)C(=O)OC.C=C(C)C(=O)OC1(C)C2CC3CC(C2)CC1C3.C=C(C)C(=O)OC1(CC)C2CC3CC(C2)CC1C3.C=C(C)C(=O)OC12CC3CC(CC(O)(C3)C1)C2.C=C(C)C(=O)OC1COCC1O.CC1(OC(=O)C2CC3CCC2C3)CCCC1. The van der Waals surface area contributed by atoms with Crippen LogP contribution in [0.4, 0.5) is 0 Å². The first kappa shape index (κ1) is 68.3. The average molecular weight is 1210 g/mol. The van der Waals surface area contributed by atoms with Crippen molar-refractivity contribution < 1.29 is 72.1 Å². The van der Waals surface area contributed by atoms with Crippen molar-refractivity contribution >= 4 is 35.8 Å². The number of hydrogen-bond donors (Lipinski definition) is 2. The summed E-state index contributed by atoms with van der Waals surface area (Å²) in [5, 5.41) is 19.7. The topological polar surface area (TPSA) is 207 Å². The Hall–Kier alpha value is -4.60. The van der Waals surface area contributed by atoms with Gasteiger partial charge in [0.05, 0.1) is 31.8 Å². The van der Waals surface area contributed by atoms with Crippen LogP contribution in [0.3, 0.4) is 0 Å². The fourth-order valence-electron chi connectivity index (χ4n) is 19.3. The van der Waals surface area contributed by atoms with E-state index in [1.54, 1.807) is 34.6 Å². The number of aliphatic hydroxyl groups is 2. The first-order valence-electron chi connectivity index (χ1n) is 33.4. The van der Waals surface area contributed by atoms with E-state index in [4.69, 9.17) is 28.4 Å². The van der Waals surface area contributed by atoms with Crippen LogP contribution in [-0.4, -0.2) is 107 Å². The van der Waals surface area contributed by atoms with Crippen molar-refractivity contribution in [3.8, 4) is 0 Å². The standard InChI is InChI=1S/C16H24O2.C15H22O2.C14H20O3.C14H22O2.C8H12O4.C5H8O2/c1-4-16(18-15(17)10(2)3)13-6-11-5-12(8-13)9-14(16)7-11;1-9(2)14(16)17-15(3)12-5-10-4-11(7-12)8-13(15)6-10;1-9(2)12(15)17-14-6-10-3-11(7-14)5-13(16,4-10)8-14;1-14(6-2-3-7-14)16-13(15)12-9-10-4-5-11(12)8-10;1-5(2)8(10)12-7-4-11-3-6(7)9;1-4(2)5(6)7-3/h11-14H,2,4-9H2,1,3H3;10-13H,1,4-8H2,2-3H3;10-11,16H,1,3-8H2,2H3;10-12H,2-9H2,1H3;6-7,9H,1,3-4H2,2H3;1H2,2-3H3. The van der Waals surface area contributed by atoms with Crippen molar-refractivity contribution in [3.63, 3.8) is 0 Å². The maximum absolute atomic E-state index is 12.2. The van der Waals surface area contributed by atoms with E-state index >= 15 is 0 Å². The molecule has 14 bridgehead atoms. The number of aliphatic hydroxyl groups excluding tert-OH is 1. The Balaban J connectivity index is 0.000000138. The van der Waals surface area contributed by atoms with Gasteiger partial charge in [-0.3, -0.25) is 4.79 Å². The summed E-state index contributed by atoms with van der Waals surface area (Å²) >= 11 is 0. The van der Waals surface area contributed by atoms with Gasteiger partial charge >= 0.3 is 35.8 Å². The van der Waals surface area contributed by atoms with Gasteiger partial charge < -0.3 is 43.4 Å². The molecule has 0 aromatic rings. The van der Waals surface area contributed by atoms with Crippen LogP contribution >= 0.6 is 0 Å². The normalized spacial score (nSPS) is 39.6. The Kier molecular flexibility index (Phi) is 21.9. The molecule has 15 saturated carbocycles. The molecule has 1 heterocycles. The molecule has 16 fully saturated rings. The maximum Gasteiger partial charge on any atom is 0.333 e. The van der Waals surface area contributed by atoms with E-state index in [0.29, 0.717) is 75.7 Å². The number of fused-ring (bicyclic) bond motifs is 2. The van der Waals surface area contributed by atoms with Gasteiger partial charge in [-0.2, -0.15) is 0 Å². The second-order valence-electron chi connectivity index (χ2n) is 30.4. The van der Waals surface area contributed by atoms with E-state index in [2.05, 4.69) is 58.4 Å². The molecule has 0 spiro atoms. The number of carbonyl (C=O) groups excluding carboxylic acids is 6. The molecule has 0 radical (unpaired) electrons. The molecule has 16 aliphatic rings. The third-order valence-corrected chi connectivity index (χ3v) is 22.9. The summed E-state index contributed by atoms with van der Waals surface area (Å²) in [4.78, 5) is 68.8. The fraction of sp³-hybridized carbons (Fsp3) is 0.778. The highest BCUT2D eigenvalue weighted by molar-refractivity contribution is 5.89. The smallest absolute Gasteiger partial charge is 0.333 e. The van der Waals surface area contributed by atoms with Crippen LogP contribution in [0.5, 0.6) is 0 Å². The molecule has 87 heavy (non-hydrogen) atoms. The molecule has 0 aromatic carbocycles. The van der Waals surface area contributed by atoms with Crippen molar-refractivity contribution in [2.24, 2.45) is 76.9 Å². The van der Waals surface area contributed by atoms with Crippen LogP contribution in [0.1, 0.15) is 216 Å². The van der Waals surface area contributed by atoms with E-state index in [9.17, 15) is 39.0 Å². The molecule has 0 amide bonds. The van der Waals surface area contributed by atoms with Crippen molar-refractivity contribution in [3.05, 3.63) is 60.8 Å². The highest BCUT2D eigenvalue weighted by atomic mass is 16.6. The van der Waals surface area contributed by atoms with Crippen molar-refractivity contribution in [1.29, 1.82) is 0 Å². The number of rotatable bonds is 12. The molecule has 15 aliphatic carbocycles. The number of hydrogen-bond acceptors (Lipinski definition) is 15. The minimum absolute atomic E-state index is 0.122. The molecule has 16 rings (SSSR count). The molecule has 0 aromatic heterocycles. The summed E-state index contributed by atoms with van der Waals surface area (Å²) in [6, 6.07) is 0. The zero-order chi connectivity index (χ0) is 63.6. The number of ether oxygens (including phenoxy) is 7. The van der Waals surface area contributed by atoms with Gasteiger partial charge in [0.15, 0.2) is 6.10 Å². The van der Waals surface area contributed by atoms with E-state index in [-0.39, 0.29) is 65.8 Å². The highest BCUT2D eigenvalue weighted by Gasteiger charge is 2.61. The van der Waals surface area contributed by atoms with Crippen LogP contribution < -0.4 is 0 Å². The second-order valence-corrected chi connectivity index (χ2v) is 30.4. The van der Waals surface area contributed by atoms with Crippen LogP contribution in [0.25, 0.3) is 0 Å². The van der Waals surface area contributed by atoms with E-state index in [1.165, 1.54) is 110 Å². The van der Waals surface area contributed by atoms with Crippen LogP contribution in [-0.2, 0) is 61.9 Å².